The lowest BCUT2D eigenvalue weighted by Gasteiger charge is -2.12. The summed E-state index contributed by atoms with van der Waals surface area (Å²) in [5.41, 5.74) is 6.29. The maximum Gasteiger partial charge on any atom is 0.270 e. The number of nitrogens with one attached hydrogen (secondary N) is 1. The first-order valence-corrected chi connectivity index (χ1v) is 11.2. The number of hydrogen-bond acceptors (Lipinski definition) is 4. The lowest BCUT2D eigenvalue weighted by Crippen LogP contribution is -2.28. The minimum absolute atomic E-state index is 0.172. The van der Waals surface area contributed by atoms with Gasteiger partial charge in [0.05, 0.1) is 25.6 Å². The first-order chi connectivity index (χ1) is 16.4. The molecule has 0 bridgehead atoms. The molecule has 0 aliphatic carbocycles. The molecule has 0 fully saturated rings. The number of amides is 1. The van der Waals surface area contributed by atoms with E-state index in [0.29, 0.717) is 30.2 Å². The second-order valence-corrected chi connectivity index (χ2v) is 8.32. The Morgan fingerprint density at radius 2 is 1.79 bits per heavy atom. The highest BCUT2D eigenvalue weighted by molar-refractivity contribution is 5.94. The van der Waals surface area contributed by atoms with Crippen LogP contribution in [0.25, 0.3) is 17.1 Å². The van der Waals surface area contributed by atoms with Gasteiger partial charge in [-0.25, -0.2) is 4.68 Å². The van der Waals surface area contributed by atoms with Crippen molar-refractivity contribution >= 4 is 5.91 Å². The molecule has 1 amide bonds. The fourth-order valence-corrected chi connectivity index (χ4v) is 3.97. The van der Waals surface area contributed by atoms with Crippen LogP contribution in [0.5, 0.6) is 11.5 Å². The molecular weight excluding hydrogens is 428 g/mol. The Morgan fingerprint density at radius 3 is 2.50 bits per heavy atom. The van der Waals surface area contributed by atoms with Gasteiger partial charge in [0, 0.05) is 19.8 Å². The smallest absolute Gasteiger partial charge is 0.270 e. The summed E-state index contributed by atoms with van der Waals surface area (Å²) < 4.78 is 14.4. The third-order valence-electron chi connectivity index (χ3n) is 5.89. The van der Waals surface area contributed by atoms with Crippen molar-refractivity contribution in [2.75, 3.05) is 20.8 Å². The number of rotatable bonds is 8. The van der Waals surface area contributed by atoms with Gasteiger partial charge in [-0.05, 0) is 73.4 Å². The van der Waals surface area contributed by atoms with Crippen LogP contribution >= 0.6 is 0 Å². The predicted molar refractivity (Wildman–Crippen MR) is 133 cm³/mol. The Kier molecular flexibility index (Phi) is 6.72. The van der Waals surface area contributed by atoms with Crippen LogP contribution in [-0.2, 0) is 13.5 Å². The summed E-state index contributed by atoms with van der Waals surface area (Å²) in [4.78, 5) is 13.3. The first-order valence-electron chi connectivity index (χ1n) is 11.2. The second kappa shape index (κ2) is 9.87. The van der Waals surface area contributed by atoms with Crippen LogP contribution in [0.3, 0.4) is 0 Å². The van der Waals surface area contributed by atoms with Crippen LogP contribution in [0.15, 0.2) is 60.8 Å². The summed E-state index contributed by atoms with van der Waals surface area (Å²) in [6.45, 7) is 4.54. The molecule has 176 valence electrons. The molecule has 7 nitrogen and oxygen atoms in total. The van der Waals surface area contributed by atoms with E-state index in [4.69, 9.17) is 14.6 Å². The standard InChI is InChI=1S/C27H30N4O3/c1-18-8-9-19(2)23(15-18)31-24(17-21(29-31)22-7-6-14-30(22)3)27(32)28-13-12-20-10-11-25(33-4)26(16-20)34-5/h6-11,14-17H,12-13H2,1-5H3,(H,28,32). The maximum absolute atomic E-state index is 13.3. The molecule has 0 saturated carbocycles. The van der Waals surface area contributed by atoms with Crippen molar-refractivity contribution in [3.8, 4) is 28.6 Å². The van der Waals surface area contributed by atoms with E-state index in [9.17, 15) is 4.79 Å². The Bertz CT molecular complexity index is 1320. The van der Waals surface area contributed by atoms with Gasteiger partial charge in [-0.2, -0.15) is 5.10 Å². The van der Waals surface area contributed by atoms with E-state index in [1.807, 2.05) is 74.1 Å². The molecule has 7 heteroatoms. The normalized spacial score (nSPS) is 10.9. The summed E-state index contributed by atoms with van der Waals surface area (Å²) in [7, 11) is 5.19. The average Bonchev–Trinajstić information content (AvgIpc) is 3.46. The van der Waals surface area contributed by atoms with Gasteiger partial charge in [0.2, 0.25) is 0 Å². The fraction of sp³-hybridized carbons (Fsp3) is 0.259. The van der Waals surface area contributed by atoms with Crippen molar-refractivity contribution in [2.45, 2.75) is 20.3 Å². The zero-order valence-corrected chi connectivity index (χ0v) is 20.3. The zero-order chi connectivity index (χ0) is 24.2. The van der Waals surface area contributed by atoms with Gasteiger partial charge in [0.1, 0.15) is 11.4 Å². The number of hydrogen-bond donors (Lipinski definition) is 1. The predicted octanol–water partition coefficient (Wildman–Crippen LogP) is 4.48. The third kappa shape index (κ3) is 4.69. The molecule has 34 heavy (non-hydrogen) atoms. The third-order valence-corrected chi connectivity index (χ3v) is 5.89. The fourth-order valence-electron chi connectivity index (χ4n) is 3.97. The van der Waals surface area contributed by atoms with Gasteiger partial charge >= 0.3 is 0 Å². The molecule has 2 aromatic heterocycles. The molecule has 2 aromatic carbocycles. The van der Waals surface area contributed by atoms with Crippen molar-refractivity contribution in [3.05, 3.63) is 83.2 Å². The summed E-state index contributed by atoms with van der Waals surface area (Å²) in [6.07, 6.45) is 2.63. The van der Waals surface area contributed by atoms with Crippen molar-refractivity contribution in [1.29, 1.82) is 0 Å². The molecule has 0 spiro atoms. The lowest BCUT2D eigenvalue weighted by atomic mass is 10.1. The molecular formula is C27H30N4O3. The van der Waals surface area contributed by atoms with E-state index in [0.717, 1.165) is 33.8 Å². The number of nitrogens with zero attached hydrogens (tertiary/aromatic N) is 3. The van der Waals surface area contributed by atoms with E-state index in [1.54, 1.807) is 18.9 Å². The Hall–Kier alpha value is -4.00. The van der Waals surface area contributed by atoms with Gasteiger partial charge in [0.25, 0.3) is 5.91 Å². The molecule has 0 radical (unpaired) electrons. The van der Waals surface area contributed by atoms with Crippen LogP contribution in [0.2, 0.25) is 0 Å². The van der Waals surface area contributed by atoms with Gasteiger partial charge in [-0.3, -0.25) is 4.79 Å². The van der Waals surface area contributed by atoms with Gasteiger partial charge in [-0.1, -0.05) is 18.2 Å². The number of aromatic nitrogens is 3. The number of benzene rings is 2. The van der Waals surface area contributed by atoms with Crippen LogP contribution in [0.4, 0.5) is 0 Å². The number of carbonyl (C=O) groups is 1. The Balaban J connectivity index is 1.60. The van der Waals surface area contributed by atoms with Gasteiger partial charge in [0.15, 0.2) is 11.5 Å². The van der Waals surface area contributed by atoms with Crippen LogP contribution < -0.4 is 14.8 Å². The SMILES string of the molecule is COc1ccc(CCNC(=O)c2cc(-c3cccn3C)nn2-c2cc(C)ccc2C)cc1OC. The number of ether oxygens (including phenoxy) is 2. The van der Waals surface area contributed by atoms with Gasteiger partial charge in [-0.15, -0.1) is 0 Å². The largest absolute Gasteiger partial charge is 0.493 e. The van der Waals surface area contributed by atoms with Crippen molar-refractivity contribution in [2.24, 2.45) is 7.05 Å². The average molecular weight is 459 g/mol. The summed E-state index contributed by atoms with van der Waals surface area (Å²) >= 11 is 0. The minimum atomic E-state index is -0.172. The minimum Gasteiger partial charge on any atom is -0.493 e. The number of carbonyl (C=O) groups excluding carboxylic acids is 1. The summed E-state index contributed by atoms with van der Waals surface area (Å²) in [5, 5.41) is 7.87. The number of aryl methyl sites for hydroxylation is 3. The zero-order valence-electron chi connectivity index (χ0n) is 20.3. The van der Waals surface area contributed by atoms with E-state index >= 15 is 0 Å². The van der Waals surface area contributed by atoms with E-state index in [2.05, 4.69) is 17.4 Å². The molecule has 0 unspecified atom stereocenters. The quantitative estimate of drug-likeness (QED) is 0.423. The maximum atomic E-state index is 13.3. The topological polar surface area (TPSA) is 70.3 Å². The first kappa shape index (κ1) is 23.2. The van der Waals surface area contributed by atoms with E-state index in [1.165, 1.54) is 0 Å². The van der Waals surface area contributed by atoms with E-state index in [-0.39, 0.29) is 5.91 Å². The lowest BCUT2D eigenvalue weighted by molar-refractivity contribution is 0.0946. The van der Waals surface area contributed by atoms with Gasteiger partial charge < -0.3 is 19.4 Å². The van der Waals surface area contributed by atoms with Crippen molar-refractivity contribution < 1.29 is 14.3 Å². The van der Waals surface area contributed by atoms with E-state index < -0.39 is 0 Å². The Labute approximate surface area is 199 Å². The molecule has 0 atom stereocenters. The molecule has 0 saturated heterocycles. The van der Waals surface area contributed by atoms with Crippen molar-refractivity contribution in [1.82, 2.24) is 19.7 Å². The molecule has 4 rings (SSSR count). The molecule has 2 heterocycles. The molecule has 0 aliphatic rings. The highest BCUT2D eigenvalue weighted by Gasteiger charge is 2.19. The van der Waals surface area contributed by atoms with Crippen LogP contribution in [0.1, 0.15) is 27.2 Å². The second-order valence-electron chi connectivity index (χ2n) is 8.32. The van der Waals surface area contributed by atoms with Crippen LogP contribution in [0, 0.1) is 13.8 Å². The van der Waals surface area contributed by atoms with Crippen molar-refractivity contribution in [3.63, 3.8) is 0 Å². The monoisotopic (exact) mass is 458 g/mol. The summed E-state index contributed by atoms with van der Waals surface area (Å²) in [5.74, 6) is 1.18. The molecule has 4 aromatic rings. The summed E-state index contributed by atoms with van der Waals surface area (Å²) in [6, 6.07) is 17.7. The highest BCUT2D eigenvalue weighted by Crippen LogP contribution is 2.28. The molecule has 1 N–H and O–H groups in total. The van der Waals surface area contributed by atoms with Crippen LogP contribution in [-0.4, -0.2) is 41.0 Å². The molecule has 0 aliphatic heterocycles. The number of methoxy groups -OCH3 is 2. The highest BCUT2D eigenvalue weighted by atomic mass is 16.5. The Morgan fingerprint density at radius 1 is 1.00 bits per heavy atom.